The van der Waals surface area contributed by atoms with Gasteiger partial charge in [-0.05, 0) is 24.3 Å². The maximum atomic E-state index is 12.8. The predicted octanol–water partition coefficient (Wildman–Crippen LogP) is 2.33. The van der Waals surface area contributed by atoms with Gasteiger partial charge < -0.3 is 10.2 Å². The van der Waals surface area contributed by atoms with E-state index in [0.717, 1.165) is 0 Å². The third kappa shape index (κ3) is 2.79. The topological polar surface area (TPSA) is 84.2 Å². The highest BCUT2D eigenvalue weighted by Crippen LogP contribution is 2.32. The number of nitro groups is 1. The standard InChI is InChI=1S/C12H12FN5O2/c1-17(2)12-10(18(19)20)11(14-7-15-12)16-9-5-3-8(13)4-6-9/h3-7H,1-2H3,(H,14,15,16). The molecule has 0 saturated carbocycles. The molecular formula is C12H12FN5O2. The van der Waals surface area contributed by atoms with E-state index < -0.39 is 4.92 Å². The maximum Gasteiger partial charge on any atom is 0.353 e. The predicted molar refractivity (Wildman–Crippen MR) is 72.7 cm³/mol. The fraction of sp³-hybridized carbons (Fsp3) is 0.167. The van der Waals surface area contributed by atoms with Crippen LogP contribution in [0.3, 0.4) is 0 Å². The SMILES string of the molecule is CN(C)c1ncnc(Nc2ccc(F)cc2)c1[N+](=O)[O-]. The Labute approximate surface area is 114 Å². The zero-order chi connectivity index (χ0) is 14.7. The van der Waals surface area contributed by atoms with Crippen LogP contribution in [0.4, 0.5) is 27.4 Å². The summed E-state index contributed by atoms with van der Waals surface area (Å²) < 4.78 is 12.8. The van der Waals surface area contributed by atoms with Gasteiger partial charge >= 0.3 is 5.69 Å². The molecule has 1 N–H and O–H groups in total. The number of nitrogens with zero attached hydrogens (tertiary/aromatic N) is 4. The molecule has 0 aliphatic carbocycles. The summed E-state index contributed by atoms with van der Waals surface area (Å²) >= 11 is 0. The molecule has 0 fully saturated rings. The molecule has 0 aliphatic heterocycles. The summed E-state index contributed by atoms with van der Waals surface area (Å²) in [5.74, 6) is -0.142. The lowest BCUT2D eigenvalue weighted by atomic mass is 10.3. The zero-order valence-corrected chi connectivity index (χ0v) is 10.9. The van der Waals surface area contributed by atoms with Crippen LogP contribution in [0, 0.1) is 15.9 Å². The minimum atomic E-state index is -0.554. The summed E-state index contributed by atoms with van der Waals surface area (Å²) in [5, 5.41) is 14.0. The van der Waals surface area contributed by atoms with Gasteiger partial charge in [-0.25, -0.2) is 14.4 Å². The van der Waals surface area contributed by atoms with E-state index in [1.807, 2.05) is 0 Å². The second-order valence-corrected chi connectivity index (χ2v) is 4.18. The fourth-order valence-corrected chi connectivity index (χ4v) is 1.63. The lowest BCUT2D eigenvalue weighted by Crippen LogP contribution is -2.14. The molecule has 1 aromatic heterocycles. The largest absolute Gasteiger partial charge is 0.357 e. The van der Waals surface area contributed by atoms with E-state index in [1.165, 1.54) is 35.5 Å². The smallest absolute Gasteiger partial charge is 0.353 e. The summed E-state index contributed by atoms with van der Waals surface area (Å²) in [5.41, 5.74) is 0.264. The molecule has 2 aromatic rings. The van der Waals surface area contributed by atoms with Gasteiger partial charge in [-0.3, -0.25) is 10.1 Å². The molecule has 1 aromatic carbocycles. The van der Waals surface area contributed by atoms with Crippen LogP contribution >= 0.6 is 0 Å². The normalized spacial score (nSPS) is 10.2. The maximum absolute atomic E-state index is 12.8. The molecular weight excluding hydrogens is 265 g/mol. The monoisotopic (exact) mass is 277 g/mol. The van der Waals surface area contributed by atoms with E-state index in [2.05, 4.69) is 15.3 Å². The van der Waals surface area contributed by atoms with E-state index in [4.69, 9.17) is 0 Å². The molecule has 8 heteroatoms. The first-order valence-corrected chi connectivity index (χ1v) is 5.68. The van der Waals surface area contributed by atoms with Crippen molar-refractivity contribution in [2.45, 2.75) is 0 Å². The Hall–Kier alpha value is -2.77. The Balaban J connectivity index is 2.43. The molecule has 0 radical (unpaired) electrons. The molecule has 0 bridgehead atoms. The second kappa shape index (κ2) is 5.47. The quantitative estimate of drug-likeness (QED) is 0.682. The number of halogens is 1. The minimum absolute atomic E-state index is 0.0558. The lowest BCUT2D eigenvalue weighted by molar-refractivity contribution is -0.383. The van der Waals surface area contributed by atoms with Crippen molar-refractivity contribution in [3.8, 4) is 0 Å². The van der Waals surface area contributed by atoms with Gasteiger partial charge in [0.1, 0.15) is 12.1 Å². The van der Waals surface area contributed by atoms with E-state index in [9.17, 15) is 14.5 Å². The van der Waals surface area contributed by atoms with Crippen molar-refractivity contribution >= 4 is 23.0 Å². The fourth-order valence-electron chi connectivity index (χ4n) is 1.63. The van der Waals surface area contributed by atoms with Gasteiger partial charge in [0.25, 0.3) is 0 Å². The zero-order valence-electron chi connectivity index (χ0n) is 10.9. The van der Waals surface area contributed by atoms with E-state index >= 15 is 0 Å². The highest BCUT2D eigenvalue weighted by atomic mass is 19.1. The Morgan fingerprint density at radius 1 is 1.25 bits per heavy atom. The number of aromatic nitrogens is 2. The summed E-state index contributed by atoms with van der Waals surface area (Å²) in [7, 11) is 3.30. The highest BCUT2D eigenvalue weighted by Gasteiger charge is 2.24. The van der Waals surface area contributed by atoms with Crippen LogP contribution in [0.5, 0.6) is 0 Å². The van der Waals surface area contributed by atoms with Gasteiger partial charge in [0, 0.05) is 19.8 Å². The van der Waals surface area contributed by atoms with Crippen molar-refractivity contribution in [1.29, 1.82) is 0 Å². The summed E-state index contributed by atoms with van der Waals surface area (Å²) in [6, 6.07) is 5.44. The summed E-state index contributed by atoms with van der Waals surface area (Å²) in [4.78, 5) is 19.9. The Kier molecular flexibility index (Phi) is 3.74. The molecule has 0 saturated heterocycles. The molecule has 1 heterocycles. The van der Waals surface area contributed by atoms with Crippen LogP contribution in [0.1, 0.15) is 0 Å². The highest BCUT2D eigenvalue weighted by molar-refractivity contribution is 5.74. The van der Waals surface area contributed by atoms with Crippen LogP contribution in [-0.4, -0.2) is 29.0 Å². The number of nitrogens with one attached hydrogen (secondary N) is 1. The van der Waals surface area contributed by atoms with Crippen molar-refractivity contribution in [3.63, 3.8) is 0 Å². The first-order chi connectivity index (χ1) is 9.49. The van der Waals surface area contributed by atoms with Crippen molar-refractivity contribution in [2.75, 3.05) is 24.3 Å². The number of rotatable bonds is 4. The van der Waals surface area contributed by atoms with E-state index in [-0.39, 0.29) is 23.1 Å². The van der Waals surface area contributed by atoms with Gasteiger partial charge in [-0.15, -0.1) is 0 Å². The third-order valence-corrected chi connectivity index (χ3v) is 2.52. The molecule has 0 unspecified atom stereocenters. The molecule has 104 valence electrons. The van der Waals surface area contributed by atoms with Crippen molar-refractivity contribution in [3.05, 3.63) is 46.5 Å². The number of benzene rings is 1. The van der Waals surface area contributed by atoms with Crippen molar-refractivity contribution < 1.29 is 9.31 Å². The molecule has 0 atom stereocenters. The van der Waals surface area contributed by atoms with Crippen LogP contribution in [0.25, 0.3) is 0 Å². The molecule has 0 amide bonds. The Morgan fingerprint density at radius 3 is 2.45 bits per heavy atom. The average molecular weight is 277 g/mol. The van der Waals surface area contributed by atoms with Crippen molar-refractivity contribution in [1.82, 2.24) is 9.97 Å². The van der Waals surface area contributed by atoms with E-state index in [1.54, 1.807) is 14.1 Å². The molecule has 20 heavy (non-hydrogen) atoms. The van der Waals surface area contributed by atoms with Gasteiger partial charge in [-0.2, -0.15) is 0 Å². The molecule has 2 rings (SSSR count). The minimum Gasteiger partial charge on any atom is -0.357 e. The van der Waals surface area contributed by atoms with Crippen LogP contribution < -0.4 is 10.2 Å². The first-order valence-electron chi connectivity index (χ1n) is 5.68. The molecule has 7 nitrogen and oxygen atoms in total. The number of hydrogen-bond donors (Lipinski definition) is 1. The number of hydrogen-bond acceptors (Lipinski definition) is 6. The van der Waals surface area contributed by atoms with Gasteiger partial charge in [0.15, 0.2) is 0 Å². The average Bonchev–Trinajstić information content (AvgIpc) is 2.40. The van der Waals surface area contributed by atoms with E-state index in [0.29, 0.717) is 5.69 Å². The van der Waals surface area contributed by atoms with Crippen LogP contribution in [0.2, 0.25) is 0 Å². The Morgan fingerprint density at radius 2 is 1.90 bits per heavy atom. The Bertz CT molecular complexity index is 630. The summed E-state index contributed by atoms with van der Waals surface area (Å²) in [6.07, 6.45) is 1.23. The van der Waals surface area contributed by atoms with Gasteiger partial charge in [0.2, 0.25) is 11.6 Å². The molecule has 0 spiro atoms. The lowest BCUT2D eigenvalue weighted by Gasteiger charge is -2.13. The van der Waals surface area contributed by atoms with Gasteiger partial charge in [0.05, 0.1) is 4.92 Å². The van der Waals surface area contributed by atoms with Gasteiger partial charge in [-0.1, -0.05) is 0 Å². The van der Waals surface area contributed by atoms with Crippen LogP contribution in [0.15, 0.2) is 30.6 Å². The van der Waals surface area contributed by atoms with Crippen molar-refractivity contribution in [2.24, 2.45) is 0 Å². The summed E-state index contributed by atoms with van der Waals surface area (Å²) in [6.45, 7) is 0. The first kappa shape index (κ1) is 13.7. The van der Waals surface area contributed by atoms with Crippen LogP contribution in [-0.2, 0) is 0 Å². The third-order valence-electron chi connectivity index (χ3n) is 2.52. The molecule has 0 aliphatic rings. The number of anilines is 3. The second-order valence-electron chi connectivity index (χ2n) is 4.18.